The Morgan fingerprint density at radius 2 is 2.43 bits per heavy atom. The van der Waals surface area contributed by atoms with Crippen LogP contribution in [0, 0.1) is 0 Å². The number of hydrogen-bond donors (Lipinski definition) is 1. The zero-order chi connectivity index (χ0) is 9.97. The van der Waals surface area contributed by atoms with Crippen LogP contribution in [-0.4, -0.2) is 45.3 Å². The maximum atomic E-state index is 11.3. The molecule has 1 aliphatic rings. The van der Waals surface area contributed by atoms with Gasteiger partial charge in [0, 0.05) is 6.20 Å². The zero-order valence-electron chi connectivity index (χ0n) is 7.33. The number of aliphatic hydroxyl groups excluding tert-OH is 1. The average molecular weight is 195 g/mol. The Labute approximate surface area is 80.1 Å². The molecular weight excluding hydrogens is 186 g/mol. The van der Waals surface area contributed by atoms with Gasteiger partial charge in [0.05, 0.1) is 19.2 Å². The van der Waals surface area contributed by atoms with Gasteiger partial charge in [0.15, 0.2) is 5.69 Å². The summed E-state index contributed by atoms with van der Waals surface area (Å²) < 4.78 is 0. The lowest BCUT2D eigenvalue weighted by Crippen LogP contribution is -2.51. The fraction of sp³-hybridized carbons (Fsp3) is 0.375. The lowest BCUT2D eigenvalue weighted by atomic mass is 10.2. The van der Waals surface area contributed by atoms with Gasteiger partial charge in [-0.15, -0.1) is 5.06 Å². The molecule has 0 aromatic carbocycles. The van der Waals surface area contributed by atoms with Crippen LogP contribution in [0.3, 0.4) is 0 Å². The number of aromatic nitrogens is 2. The summed E-state index contributed by atoms with van der Waals surface area (Å²) >= 11 is 0. The van der Waals surface area contributed by atoms with Crippen molar-refractivity contribution in [2.75, 3.05) is 13.1 Å². The fourth-order valence-corrected chi connectivity index (χ4v) is 1.07. The number of aliphatic hydroxyl groups is 1. The fourth-order valence-electron chi connectivity index (χ4n) is 1.07. The minimum Gasteiger partial charge on any atom is -0.390 e. The predicted molar refractivity (Wildman–Crippen MR) is 45.0 cm³/mol. The summed E-state index contributed by atoms with van der Waals surface area (Å²) in [5.74, 6) is -0.528. The van der Waals surface area contributed by atoms with Crippen molar-refractivity contribution in [2.24, 2.45) is 0 Å². The van der Waals surface area contributed by atoms with Crippen molar-refractivity contribution in [3.05, 3.63) is 24.3 Å². The van der Waals surface area contributed by atoms with E-state index in [1.165, 1.54) is 23.7 Å². The first-order chi connectivity index (χ1) is 6.75. The van der Waals surface area contributed by atoms with Gasteiger partial charge in [-0.3, -0.25) is 0 Å². The highest BCUT2D eigenvalue weighted by molar-refractivity contribution is 5.86. The van der Waals surface area contributed by atoms with Gasteiger partial charge in [-0.05, 0) is 6.07 Å². The summed E-state index contributed by atoms with van der Waals surface area (Å²) in [7, 11) is 0. The van der Waals surface area contributed by atoms with Crippen LogP contribution in [-0.2, 0) is 4.84 Å². The van der Waals surface area contributed by atoms with Crippen LogP contribution in [0.1, 0.15) is 10.5 Å². The van der Waals surface area contributed by atoms with E-state index in [4.69, 9.17) is 9.94 Å². The Morgan fingerprint density at radius 3 is 3.00 bits per heavy atom. The van der Waals surface area contributed by atoms with E-state index in [2.05, 4.69) is 9.97 Å². The van der Waals surface area contributed by atoms with E-state index in [0.29, 0.717) is 13.1 Å². The average Bonchev–Trinajstić information content (AvgIpc) is 2.17. The Hall–Kier alpha value is -1.53. The van der Waals surface area contributed by atoms with Gasteiger partial charge in [0.2, 0.25) is 0 Å². The van der Waals surface area contributed by atoms with Gasteiger partial charge in [0.1, 0.15) is 6.33 Å². The molecule has 1 fully saturated rings. The van der Waals surface area contributed by atoms with E-state index in [-0.39, 0.29) is 5.69 Å². The highest BCUT2D eigenvalue weighted by Crippen LogP contribution is 2.09. The normalized spacial score (nSPS) is 17.5. The molecule has 6 nitrogen and oxygen atoms in total. The second kappa shape index (κ2) is 3.69. The smallest absolute Gasteiger partial charge is 0.375 e. The molecular formula is C8H9N3O3. The third-order valence-electron chi connectivity index (χ3n) is 1.83. The largest absolute Gasteiger partial charge is 0.390 e. The quantitative estimate of drug-likeness (QED) is 0.667. The summed E-state index contributed by atoms with van der Waals surface area (Å²) in [5.41, 5.74) is 0.210. The molecule has 0 spiro atoms. The van der Waals surface area contributed by atoms with Crippen molar-refractivity contribution in [1.82, 2.24) is 15.0 Å². The molecule has 0 radical (unpaired) electrons. The predicted octanol–water partition coefficient (Wildman–Crippen LogP) is -0.775. The van der Waals surface area contributed by atoms with Gasteiger partial charge in [0.25, 0.3) is 0 Å². The molecule has 2 heterocycles. The number of carbonyl (C=O) groups excluding carboxylic acids is 1. The minimum atomic E-state index is -0.528. The highest BCUT2D eigenvalue weighted by Gasteiger charge is 2.28. The topological polar surface area (TPSA) is 75.5 Å². The van der Waals surface area contributed by atoms with Gasteiger partial charge in [-0.1, -0.05) is 0 Å². The lowest BCUT2D eigenvalue weighted by molar-refractivity contribution is -0.193. The second-order valence-electron chi connectivity index (χ2n) is 2.97. The number of rotatable bonds is 2. The Morgan fingerprint density at radius 1 is 1.64 bits per heavy atom. The van der Waals surface area contributed by atoms with Crippen LogP contribution < -0.4 is 0 Å². The maximum Gasteiger partial charge on any atom is 0.375 e. The Kier molecular flexibility index (Phi) is 2.38. The van der Waals surface area contributed by atoms with Crippen LogP contribution in [0.5, 0.6) is 0 Å². The molecule has 0 amide bonds. The van der Waals surface area contributed by atoms with Crippen molar-refractivity contribution in [1.29, 1.82) is 0 Å². The van der Waals surface area contributed by atoms with Crippen molar-refractivity contribution < 1.29 is 14.7 Å². The summed E-state index contributed by atoms with van der Waals surface area (Å²) in [6.07, 6.45) is 2.35. The Balaban J connectivity index is 1.90. The van der Waals surface area contributed by atoms with E-state index >= 15 is 0 Å². The molecule has 0 aliphatic carbocycles. The first-order valence-corrected chi connectivity index (χ1v) is 4.17. The number of carbonyl (C=O) groups is 1. The molecule has 1 N–H and O–H groups in total. The van der Waals surface area contributed by atoms with E-state index in [1.807, 2.05) is 0 Å². The molecule has 0 saturated carbocycles. The first-order valence-electron chi connectivity index (χ1n) is 4.17. The maximum absolute atomic E-state index is 11.3. The molecule has 1 aromatic rings. The lowest BCUT2D eigenvalue weighted by Gasteiger charge is -2.33. The molecule has 1 saturated heterocycles. The zero-order valence-corrected chi connectivity index (χ0v) is 7.33. The SMILES string of the molecule is O=C(ON1CC(O)C1)c1ccncn1. The van der Waals surface area contributed by atoms with Crippen LogP contribution in [0.4, 0.5) is 0 Å². The molecule has 0 unspecified atom stereocenters. The summed E-state index contributed by atoms with van der Waals surface area (Å²) in [6, 6.07) is 1.47. The standard InChI is InChI=1S/C8H9N3O3/c12-6-3-11(4-6)14-8(13)7-1-2-9-5-10-7/h1-2,5-6,12H,3-4H2. The molecule has 6 heteroatoms. The van der Waals surface area contributed by atoms with Crippen LogP contribution in [0.15, 0.2) is 18.6 Å². The summed E-state index contributed by atoms with van der Waals surface area (Å²) in [5, 5.41) is 10.3. The second-order valence-corrected chi connectivity index (χ2v) is 2.97. The number of nitrogens with zero attached hydrogens (tertiary/aromatic N) is 3. The molecule has 74 valence electrons. The summed E-state index contributed by atoms with van der Waals surface area (Å²) in [6.45, 7) is 0.716. The number of hydroxylamine groups is 2. The molecule has 0 atom stereocenters. The van der Waals surface area contributed by atoms with Gasteiger partial charge >= 0.3 is 5.97 Å². The van der Waals surface area contributed by atoms with E-state index in [9.17, 15) is 4.79 Å². The Bertz CT molecular complexity index is 324. The minimum absolute atomic E-state index is 0.210. The molecule has 14 heavy (non-hydrogen) atoms. The monoisotopic (exact) mass is 195 g/mol. The van der Waals surface area contributed by atoms with Gasteiger partial charge in [-0.25, -0.2) is 14.8 Å². The third kappa shape index (κ3) is 1.86. The van der Waals surface area contributed by atoms with Gasteiger partial charge < -0.3 is 9.94 Å². The number of hydrogen-bond acceptors (Lipinski definition) is 6. The third-order valence-corrected chi connectivity index (χ3v) is 1.83. The van der Waals surface area contributed by atoms with E-state index < -0.39 is 12.1 Å². The van der Waals surface area contributed by atoms with E-state index in [0.717, 1.165) is 0 Å². The molecule has 1 aliphatic heterocycles. The van der Waals surface area contributed by atoms with Crippen molar-refractivity contribution >= 4 is 5.97 Å². The first kappa shape index (κ1) is 9.04. The van der Waals surface area contributed by atoms with Crippen molar-refractivity contribution in [2.45, 2.75) is 6.10 Å². The van der Waals surface area contributed by atoms with Gasteiger partial charge in [-0.2, -0.15) is 0 Å². The molecule has 2 rings (SSSR count). The van der Waals surface area contributed by atoms with Crippen LogP contribution in [0.2, 0.25) is 0 Å². The molecule has 0 bridgehead atoms. The van der Waals surface area contributed by atoms with Crippen LogP contribution in [0.25, 0.3) is 0 Å². The number of β-amino-alcohol motifs (C(OH)–C–C–N with tert-alkyl or cyclic N) is 1. The van der Waals surface area contributed by atoms with E-state index in [1.54, 1.807) is 0 Å². The molecule has 1 aromatic heterocycles. The van der Waals surface area contributed by atoms with Crippen LogP contribution >= 0.6 is 0 Å². The van der Waals surface area contributed by atoms with Crippen molar-refractivity contribution in [3.8, 4) is 0 Å². The summed E-state index contributed by atoms with van der Waals surface area (Å²) in [4.78, 5) is 23.6. The highest BCUT2D eigenvalue weighted by atomic mass is 16.7. The van der Waals surface area contributed by atoms with Crippen molar-refractivity contribution in [3.63, 3.8) is 0 Å².